The van der Waals surface area contributed by atoms with E-state index in [0.29, 0.717) is 16.3 Å². The Hall–Kier alpha value is -2.26. The zero-order valence-corrected chi connectivity index (χ0v) is 17.2. The Morgan fingerprint density at radius 1 is 1.18 bits per heavy atom. The predicted octanol–water partition coefficient (Wildman–Crippen LogP) is 3.47. The van der Waals surface area contributed by atoms with Crippen LogP contribution in [0.5, 0.6) is 0 Å². The lowest BCUT2D eigenvalue weighted by Crippen LogP contribution is -2.32. The van der Waals surface area contributed by atoms with E-state index in [-0.39, 0.29) is 15.6 Å². The van der Waals surface area contributed by atoms with Crippen molar-refractivity contribution in [1.29, 1.82) is 0 Å². The van der Waals surface area contributed by atoms with Crippen molar-refractivity contribution in [3.05, 3.63) is 63.8 Å². The van der Waals surface area contributed by atoms with Crippen molar-refractivity contribution >= 4 is 50.6 Å². The Kier molecular flexibility index (Phi) is 5.58. The standard InChI is InChI=1S/C18H17Cl2N3O4S/c1-23(2)11-3-5-12(6-4-11)28(26,27)22-15-9-16(18(24)25)21-14-8-10(19)7-13(20)17(14)15/h3-9,15,21-22H,1-2H3,(H,24,25). The zero-order valence-electron chi connectivity index (χ0n) is 14.9. The lowest BCUT2D eigenvalue weighted by atomic mass is 10.0. The van der Waals surface area contributed by atoms with E-state index in [1.54, 1.807) is 12.1 Å². The van der Waals surface area contributed by atoms with Gasteiger partial charge in [-0.3, -0.25) is 0 Å². The Morgan fingerprint density at radius 3 is 2.39 bits per heavy atom. The molecule has 3 N–H and O–H groups in total. The molecule has 2 aromatic carbocycles. The molecule has 3 rings (SSSR count). The number of carbonyl (C=O) groups is 1. The highest BCUT2D eigenvalue weighted by Crippen LogP contribution is 2.39. The quantitative estimate of drug-likeness (QED) is 0.656. The third-order valence-corrected chi connectivity index (χ3v) is 6.17. The third kappa shape index (κ3) is 4.10. The lowest BCUT2D eigenvalue weighted by Gasteiger charge is -2.26. The van der Waals surface area contributed by atoms with E-state index in [1.807, 2.05) is 19.0 Å². The fraction of sp³-hybridized carbons (Fsp3) is 0.167. The van der Waals surface area contributed by atoms with Crippen LogP contribution in [0.4, 0.5) is 11.4 Å². The molecule has 0 fully saturated rings. The van der Waals surface area contributed by atoms with Gasteiger partial charge in [0, 0.05) is 41.1 Å². The first-order chi connectivity index (χ1) is 13.1. The molecule has 7 nitrogen and oxygen atoms in total. The number of nitrogens with one attached hydrogen (secondary N) is 2. The van der Waals surface area contributed by atoms with Gasteiger partial charge in [0.15, 0.2) is 0 Å². The first-order valence-corrected chi connectivity index (χ1v) is 10.3. The Morgan fingerprint density at radius 2 is 1.82 bits per heavy atom. The molecule has 1 heterocycles. The molecule has 1 aliphatic rings. The number of carboxylic acids is 1. The number of rotatable bonds is 5. The molecule has 0 spiro atoms. The highest BCUT2D eigenvalue weighted by Gasteiger charge is 2.29. The molecule has 1 atom stereocenters. The van der Waals surface area contributed by atoms with E-state index in [4.69, 9.17) is 23.2 Å². The highest BCUT2D eigenvalue weighted by molar-refractivity contribution is 7.89. The van der Waals surface area contributed by atoms with Gasteiger partial charge in [0.2, 0.25) is 10.0 Å². The molecule has 0 aliphatic carbocycles. The summed E-state index contributed by atoms with van der Waals surface area (Å²) in [6.45, 7) is 0. The number of sulfonamides is 1. The predicted molar refractivity (Wildman–Crippen MR) is 110 cm³/mol. The van der Waals surface area contributed by atoms with E-state index >= 15 is 0 Å². The van der Waals surface area contributed by atoms with Crippen molar-refractivity contribution in [1.82, 2.24) is 4.72 Å². The van der Waals surface area contributed by atoms with Gasteiger partial charge in [0.25, 0.3) is 0 Å². The van der Waals surface area contributed by atoms with Gasteiger partial charge in [-0.25, -0.2) is 13.2 Å². The topological polar surface area (TPSA) is 98.7 Å². The van der Waals surface area contributed by atoms with Crippen molar-refractivity contribution in [3.8, 4) is 0 Å². The van der Waals surface area contributed by atoms with Gasteiger partial charge in [-0.05, 0) is 42.5 Å². The summed E-state index contributed by atoms with van der Waals surface area (Å²) in [7, 11) is -0.254. The van der Waals surface area contributed by atoms with Gasteiger partial charge in [0.1, 0.15) is 5.70 Å². The van der Waals surface area contributed by atoms with Crippen molar-refractivity contribution in [2.75, 3.05) is 24.3 Å². The first-order valence-electron chi connectivity index (χ1n) is 8.09. The molecule has 0 bridgehead atoms. The Labute approximate surface area is 172 Å². The van der Waals surface area contributed by atoms with E-state index in [2.05, 4.69) is 10.0 Å². The van der Waals surface area contributed by atoms with E-state index in [1.165, 1.54) is 30.3 Å². The second-order valence-electron chi connectivity index (χ2n) is 6.35. The molecule has 0 saturated heterocycles. The summed E-state index contributed by atoms with van der Waals surface area (Å²) >= 11 is 12.3. The maximum atomic E-state index is 12.9. The molecule has 1 unspecified atom stereocenters. The summed E-state index contributed by atoms with van der Waals surface area (Å²) in [5, 5.41) is 12.6. The van der Waals surface area contributed by atoms with Crippen LogP contribution in [-0.2, 0) is 14.8 Å². The number of aliphatic carboxylic acids is 1. The second kappa shape index (κ2) is 7.63. The van der Waals surface area contributed by atoms with Gasteiger partial charge in [-0.15, -0.1) is 0 Å². The number of hydrogen-bond acceptors (Lipinski definition) is 5. The molecule has 0 amide bonds. The van der Waals surface area contributed by atoms with Gasteiger partial charge in [-0.2, -0.15) is 4.72 Å². The monoisotopic (exact) mass is 441 g/mol. The summed E-state index contributed by atoms with van der Waals surface area (Å²) in [6.07, 6.45) is 1.26. The molecule has 1 aliphatic heterocycles. The van der Waals surface area contributed by atoms with Crippen molar-refractivity contribution in [3.63, 3.8) is 0 Å². The van der Waals surface area contributed by atoms with Crippen molar-refractivity contribution in [2.45, 2.75) is 10.9 Å². The minimum atomic E-state index is -3.95. The second-order valence-corrected chi connectivity index (χ2v) is 8.90. The van der Waals surface area contributed by atoms with E-state index in [9.17, 15) is 18.3 Å². The largest absolute Gasteiger partial charge is 0.477 e. The molecule has 0 saturated carbocycles. The molecular weight excluding hydrogens is 425 g/mol. The summed E-state index contributed by atoms with van der Waals surface area (Å²) in [5.74, 6) is -1.23. The molecule has 0 aromatic heterocycles. The molecule has 10 heteroatoms. The minimum Gasteiger partial charge on any atom is -0.477 e. The van der Waals surface area contributed by atoms with Crippen LogP contribution in [0.15, 0.2) is 53.1 Å². The number of anilines is 2. The number of carboxylic acid groups (broad SMARTS) is 1. The van der Waals surface area contributed by atoms with Crippen LogP contribution in [0, 0.1) is 0 Å². The Balaban J connectivity index is 2.01. The van der Waals surface area contributed by atoms with Gasteiger partial charge in [0.05, 0.1) is 10.9 Å². The fourth-order valence-electron chi connectivity index (χ4n) is 2.82. The molecule has 0 radical (unpaired) electrons. The van der Waals surface area contributed by atoms with Gasteiger partial charge < -0.3 is 15.3 Å². The van der Waals surface area contributed by atoms with Crippen molar-refractivity contribution in [2.24, 2.45) is 0 Å². The maximum Gasteiger partial charge on any atom is 0.352 e. The fourth-order valence-corrected chi connectivity index (χ4v) is 4.58. The van der Waals surface area contributed by atoms with Crippen molar-refractivity contribution < 1.29 is 18.3 Å². The minimum absolute atomic E-state index is 0.0496. The van der Waals surface area contributed by atoms with Crippen LogP contribution < -0.4 is 14.9 Å². The van der Waals surface area contributed by atoms with Crippen LogP contribution in [0.3, 0.4) is 0 Å². The number of fused-ring (bicyclic) bond motifs is 1. The third-order valence-electron chi connectivity index (χ3n) is 4.18. The number of nitrogens with zero attached hydrogens (tertiary/aromatic N) is 1. The van der Waals surface area contributed by atoms with Crippen LogP contribution in [0.2, 0.25) is 10.0 Å². The van der Waals surface area contributed by atoms with Crippen LogP contribution in [0.1, 0.15) is 11.6 Å². The average Bonchev–Trinajstić information content (AvgIpc) is 2.60. The number of halogens is 2. The Bertz CT molecular complexity index is 1070. The van der Waals surface area contributed by atoms with E-state index < -0.39 is 22.0 Å². The molecule has 148 valence electrons. The lowest BCUT2D eigenvalue weighted by molar-refractivity contribution is -0.132. The average molecular weight is 442 g/mol. The van der Waals surface area contributed by atoms with Gasteiger partial charge >= 0.3 is 5.97 Å². The normalized spacial score (nSPS) is 16.0. The summed E-state index contributed by atoms with van der Waals surface area (Å²) in [6, 6.07) is 8.29. The molecule has 28 heavy (non-hydrogen) atoms. The van der Waals surface area contributed by atoms with Crippen LogP contribution in [0.25, 0.3) is 0 Å². The summed E-state index contributed by atoms with van der Waals surface area (Å²) in [4.78, 5) is 13.3. The number of hydrogen-bond donors (Lipinski definition) is 3. The maximum absolute atomic E-state index is 12.9. The molecule has 2 aromatic rings. The van der Waals surface area contributed by atoms with Gasteiger partial charge in [-0.1, -0.05) is 23.2 Å². The SMILES string of the molecule is CN(C)c1ccc(S(=O)(=O)NC2C=C(C(=O)O)Nc3cc(Cl)cc(Cl)c32)cc1. The van der Waals surface area contributed by atoms with E-state index in [0.717, 1.165) is 5.69 Å². The highest BCUT2D eigenvalue weighted by atomic mass is 35.5. The van der Waals surface area contributed by atoms with Crippen LogP contribution >= 0.6 is 23.2 Å². The number of benzene rings is 2. The smallest absolute Gasteiger partial charge is 0.352 e. The summed E-state index contributed by atoms with van der Waals surface area (Å²) < 4.78 is 28.2. The first kappa shape index (κ1) is 20.5. The molecular formula is C18H17Cl2N3O4S. The van der Waals surface area contributed by atoms with Crippen LogP contribution in [-0.4, -0.2) is 33.6 Å². The zero-order chi connectivity index (χ0) is 20.6. The summed E-state index contributed by atoms with van der Waals surface area (Å²) in [5.41, 5.74) is 1.39.